The van der Waals surface area contributed by atoms with Crippen LogP contribution in [0.3, 0.4) is 0 Å². The molecule has 7 heteroatoms. The molecule has 0 aromatic heterocycles. The van der Waals surface area contributed by atoms with Gasteiger partial charge in [-0.2, -0.15) is 0 Å². The standard InChI is InChI=1S/C17H31N3O4/c1-16(2,3)12(18-15(23)19-17(4,5)6)13(21)20-10-8-9-11(20)14(22)24-7/h11-12H,8-10H2,1-7H3,(H2,18,19,23)/t11?,12-/m1/s1. The molecule has 24 heavy (non-hydrogen) atoms. The third kappa shape index (κ3) is 5.39. The van der Waals surface area contributed by atoms with Gasteiger partial charge in [0.1, 0.15) is 12.1 Å². The SMILES string of the molecule is COC(=O)C1CCCN1C(=O)[C@@H](NC(=O)NC(C)(C)C)C(C)(C)C. The Hall–Kier alpha value is -1.79. The molecule has 0 saturated carbocycles. The summed E-state index contributed by atoms with van der Waals surface area (Å²) in [6, 6.07) is -1.70. The lowest BCUT2D eigenvalue weighted by atomic mass is 9.85. The van der Waals surface area contributed by atoms with Crippen LogP contribution in [0.2, 0.25) is 0 Å². The first kappa shape index (κ1) is 20.3. The van der Waals surface area contributed by atoms with Crippen LogP contribution in [-0.4, -0.2) is 54.1 Å². The summed E-state index contributed by atoms with van der Waals surface area (Å²) in [7, 11) is 1.32. The average Bonchev–Trinajstić information content (AvgIpc) is 2.89. The van der Waals surface area contributed by atoms with Gasteiger partial charge in [0, 0.05) is 12.1 Å². The van der Waals surface area contributed by atoms with Gasteiger partial charge in [-0.05, 0) is 39.0 Å². The van der Waals surface area contributed by atoms with E-state index in [0.29, 0.717) is 13.0 Å². The van der Waals surface area contributed by atoms with Crippen molar-refractivity contribution < 1.29 is 19.1 Å². The number of likely N-dealkylation sites (tertiary alicyclic amines) is 1. The minimum atomic E-state index is -0.731. The Morgan fingerprint density at radius 2 is 1.71 bits per heavy atom. The highest BCUT2D eigenvalue weighted by molar-refractivity contribution is 5.91. The Kier molecular flexibility index (Phi) is 6.25. The van der Waals surface area contributed by atoms with Crippen molar-refractivity contribution >= 4 is 17.9 Å². The summed E-state index contributed by atoms with van der Waals surface area (Å²) in [5.41, 5.74) is -0.896. The maximum atomic E-state index is 13.0. The van der Waals surface area contributed by atoms with E-state index >= 15 is 0 Å². The first-order chi connectivity index (χ1) is 10.9. The lowest BCUT2D eigenvalue weighted by Crippen LogP contribution is -2.59. The largest absolute Gasteiger partial charge is 0.467 e. The molecule has 1 aliphatic heterocycles. The fraction of sp³-hybridized carbons (Fsp3) is 0.824. The average molecular weight is 341 g/mol. The molecule has 1 unspecified atom stereocenters. The van der Waals surface area contributed by atoms with E-state index in [2.05, 4.69) is 10.6 Å². The number of ether oxygens (including phenoxy) is 1. The van der Waals surface area contributed by atoms with Gasteiger partial charge in [-0.1, -0.05) is 20.8 Å². The number of esters is 1. The number of hydrogen-bond donors (Lipinski definition) is 2. The smallest absolute Gasteiger partial charge is 0.328 e. The number of hydrogen-bond acceptors (Lipinski definition) is 4. The van der Waals surface area contributed by atoms with Crippen LogP contribution in [0, 0.1) is 5.41 Å². The lowest BCUT2D eigenvalue weighted by molar-refractivity contribution is -0.152. The van der Waals surface area contributed by atoms with E-state index in [0.717, 1.165) is 6.42 Å². The zero-order chi connectivity index (χ0) is 18.7. The second-order valence-electron chi connectivity index (χ2n) is 8.36. The van der Waals surface area contributed by atoms with Crippen molar-refractivity contribution in [2.75, 3.05) is 13.7 Å². The molecule has 0 aliphatic carbocycles. The van der Waals surface area contributed by atoms with E-state index in [4.69, 9.17) is 4.74 Å². The summed E-state index contributed by atoms with van der Waals surface area (Å²) < 4.78 is 4.79. The highest BCUT2D eigenvalue weighted by atomic mass is 16.5. The first-order valence-electron chi connectivity index (χ1n) is 8.34. The minimum absolute atomic E-state index is 0.251. The van der Waals surface area contributed by atoms with Crippen LogP contribution in [0.4, 0.5) is 4.79 Å². The van der Waals surface area contributed by atoms with Gasteiger partial charge in [-0.15, -0.1) is 0 Å². The van der Waals surface area contributed by atoms with Gasteiger partial charge in [0.15, 0.2) is 0 Å². The Morgan fingerprint density at radius 3 is 2.17 bits per heavy atom. The molecule has 2 atom stereocenters. The van der Waals surface area contributed by atoms with Crippen LogP contribution in [-0.2, 0) is 14.3 Å². The van der Waals surface area contributed by atoms with Gasteiger partial charge >= 0.3 is 12.0 Å². The molecule has 1 saturated heterocycles. The molecule has 3 amide bonds. The highest BCUT2D eigenvalue weighted by Gasteiger charge is 2.42. The maximum absolute atomic E-state index is 13.0. The van der Waals surface area contributed by atoms with Crippen LogP contribution in [0.25, 0.3) is 0 Å². The molecule has 0 bridgehead atoms. The molecule has 0 radical (unpaired) electrons. The lowest BCUT2D eigenvalue weighted by Gasteiger charge is -2.35. The number of carbonyl (C=O) groups is 3. The van der Waals surface area contributed by atoms with Crippen molar-refractivity contribution in [2.24, 2.45) is 5.41 Å². The van der Waals surface area contributed by atoms with E-state index in [1.54, 1.807) is 0 Å². The molecule has 1 rings (SSSR count). The van der Waals surface area contributed by atoms with Crippen molar-refractivity contribution in [1.29, 1.82) is 0 Å². The van der Waals surface area contributed by atoms with Crippen molar-refractivity contribution in [3.05, 3.63) is 0 Å². The summed E-state index contributed by atoms with van der Waals surface area (Å²) in [5, 5.41) is 5.57. The molecule has 0 spiro atoms. The fourth-order valence-electron chi connectivity index (χ4n) is 2.73. The topological polar surface area (TPSA) is 87.7 Å². The van der Waals surface area contributed by atoms with Gasteiger partial charge in [-0.25, -0.2) is 9.59 Å². The monoisotopic (exact) mass is 341 g/mol. The minimum Gasteiger partial charge on any atom is -0.467 e. The number of carbonyl (C=O) groups excluding carboxylic acids is 3. The first-order valence-corrected chi connectivity index (χ1v) is 8.34. The summed E-state index contributed by atoms with van der Waals surface area (Å²) in [4.78, 5) is 38.6. The van der Waals surface area contributed by atoms with Crippen molar-refractivity contribution in [3.8, 4) is 0 Å². The number of amides is 3. The Balaban J connectivity index is 2.94. The summed E-state index contributed by atoms with van der Waals surface area (Å²) in [6.45, 7) is 11.8. The Morgan fingerprint density at radius 1 is 1.12 bits per heavy atom. The summed E-state index contributed by atoms with van der Waals surface area (Å²) in [6.07, 6.45) is 1.33. The Bertz CT molecular complexity index is 491. The molecule has 1 fully saturated rings. The number of nitrogens with zero attached hydrogens (tertiary/aromatic N) is 1. The predicted molar refractivity (Wildman–Crippen MR) is 91.4 cm³/mol. The molecule has 0 aromatic rings. The zero-order valence-electron chi connectivity index (χ0n) is 15.9. The maximum Gasteiger partial charge on any atom is 0.328 e. The van der Waals surface area contributed by atoms with Gasteiger partial charge in [0.25, 0.3) is 0 Å². The van der Waals surface area contributed by atoms with Gasteiger partial charge in [-0.3, -0.25) is 4.79 Å². The molecule has 7 nitrogen and oxygen atoms in total. The quantitative estimate of drug-likeness (QED) is 0.764. The molecular weight excluding hydrogens is 310 g/mol. The van der Waals surface area contributed by atoms with Gasteiger partial charge in [0.05, 0.1) is 7.11 Å². The summed E-state index contributed by atoms with van der Waals surface area (Å²) >= 11 is 0. The normalized spacial score (nSPS) is 19.6. The molecule has 1 aliphatic rings. The fourth-order valence-corrected chi connectivity index (χ4v) is 2.73. The van der Waals surface area contributed by atoms with E-state index in [-0.39, 0.29) is 5.91 Å². The molecular formula is C17H31N3O4. The molecule has 1 heterocycles. The van der Waals surface area contributed by atoms with E-state index in [1.807, 2.05) is 41.5 Å². The second-order valence-corrected chi connectivity index (χ2v) is 8.36. The molecule has 0 aromatic carbocycles. The number of urea groups is 1. The second kappa shape index (κ2) is 7.40. The third-order valence-electron chi connectivity index (χ3n) is 3.89. The highest BCUT2D eigenvalue weighted by Crippen LogP contribution is 2.26. The molecule has 2 N–H and O–H groups in total. The van der Waals surface area contributed by atoms with Crippen LogP contribution >= 0.6 is 0 Å². The number of rotatable bonds is 3. The summed E-state index contributed by atoms with van der Waals surface area (Å²) in [5.74, 6) is -0.660. The van der Waals surface area contributed by atoms with Crippen LogP contribution in [0.1, 0.15) is 54.4 Å². The van der Waals surface area contributed by atoms with Gasteiger partial charge < -0.3 is 20.3 Å². The van der Waals surface area contributed by atoms with Crippen LogP contribution in [0.5, 0.6) is 0 Å². The van der Waals surface area contributed by atoms with Gasteiger partial charge in [0.2, 0.25) is 5.91 Å². The zero-order valence-corrected chi connectivity index (χ0v) is 15.9. The van der Waals surface area contributed by atoms with Crippen LogP contribution in [0.15, 0.2) is 0 Å². The van der Waals surface area contributed by atoms with Crippen LogP contribution < -0.4 is 10.6 Å². The molecule has 138 valence electrons. The number of methoxy groups -OCH3 is 1. The number of nitrogens with one attached hydrogen (secondary N) is 2. The predicted octanol–water partition coefficient (Wildman–Crippen LogP) is 1.66. The van der Waals surface area contributed by atoms with Crippen molar-refractivity contribution in [3.63, 3.8) is 0 Å². The third-order valence-corrected chi connectivity index (χ3v) is 3.89. The van der Waals surface area contributed by atoms with E-state index < -0.39 is 35.0 Å². The Labute approximate surface area is 144 Å². The van der Waals surface area contributed by atoms with E-state index in [1.165, 1.54) is 12.0 Å². The van der Waals surface area contributed by atoms with Crippen molar-refractivity contribution in [1.82, 2.24) is 15.5 Å². The van der Waals surface area contributed by atoms with E-state index in [9.17, 15) is 14.4 Å². The van der Waals surface area contributed by atoms with Crippen molar-refractivity contribution in [2.45, 2.75) is 72.0 Å².